The molecule has 0 N–H and O–H groups in total. The maximum Gasteiger partial charge on any atom is 0.389 e. The first kappa shape index (κ1) is 12.7. The highest BCUT2D eigenvalue weighted by Gasteiger charge is 2.29. The SMILES string of the molecule is CC(C#N)(CCCC(F)(F)F)N=C=O. The Labute approximate surface area is 79.2 Å². The molecule has 0 aliphatic carbocycles. The van der Waals surface area contributed by atoms with Gasteiger partial charge in [0.1, 0.15) is 0 Å². The Morgan fingerprint density at radius 3 is 2.29 bits per heavy atom. The highest BCUT2D eigenvalue weighted by atomic mass is 19.4. The number of aliphatic imine (C=N–C) groups is 1. The van der Waals surface area contributed by atoms with Crippen molar-refractivity contribution >= 4 is 6.08 Å². The van der Waals surface area contributed by atoms with Crippen LogP contribution in [-0.4, -0.2) is 17.8 Å². The molecule has 78 valence electrons. The number of halogens is 3. The van der Waals surface area contributed by atoms with Crippen molar-refractivity contribution < 1.29 is 18.0 Å². The number of alkyl halides is 3. The number of nitriles is 1. The Kier molecular flexibility index (Phi) is 4.32. The quantitative estimate of drug-likeness (QED) is 0.523. The van der Waals surface area contributed by atoms with Gasteiger partial charge in [0.2, 0.25) is 6.08 Å². The van der Waals surface area contributed by atoms with Crippen molar-refractivity contribution in [1.29, 1.82) is 5.26 Å². The molecule has 0 aromatic rings. The van der Waals surface area contributed by atoms with Gasteiger partial charge in [-0.15, -0.1) is 0 Å². The fourth-order valence-corrected chi connectivity index (χ4v) is 0.871. The van der Waals surface area contributed by atoms with E-state index in [1.807, 2.05) is 0 Å². The van der Waals surface area contributed by atoms with Gasteiger partial charge >= 0.3 is 6.18 Å². The van der Waals surface area contributed by atoms with E-state index in [0.29, 0.717) is 0 Å². The van der Waals surface area contributed by atoms with Crippen LogP contribution in [0.5, 0.6) is 0 Å². The highest BCUT2D eigenvalue weighted by molar-refractivity contribution is 5.36. The molecule has 0 amide bonds. The first-order valence-corrected chi connectivity index (χ1v) is 3.90. The molecule has 3 nitrogen and oxygen atoms in total. The molecule has 0 saturated heterocycles. The van der Waals surface area contributed by atoms with Crippen LogP contribution in [0.2, 0.25) is 0 Å². The summed E-state index contributed by atoms with van der Waals surface area (Å²) in [4.78, 5) is 13.0. The summed E-state index contributed by atoms with van der Waals surface area (Å²) in [5.41, 5.74) is -1.38. The van der Waals surface area contributed by atoms with Gasteiger partial charge in [-0.1, -0.05) is 0 Å². The van der Waals surface area contributed by atoms with Crippen LogP contribution in [0.3, 0.4) is 0 Å². The first-order valence-electron chi connectivity index (χ1n) is 3.90. The number of nitrogens with zero attached hydrogens (tertiary/aromatic N) is 2. The Bertz CT molecular complexity index is 275. The van der Waals surface area contributed by atoms with E-state index < -0.39 is 18.1 Å². The average Bonchev–Trinajstić information content (AvgIpc) is 2.02. The Balaban J connectivity index is 4.12. The predicted octanol–water partition coefficient (Wildman–Crippen LogP) is 2.34. The van der Waals surface area contributed by atoms with Gasteiger partial charge < -0.3 is 0 Å². The van der Waals surface area contributed by atoms with Gasteiger partial charge in [-0.3, -0.25) is 0 Å². The molecule has 0 rings (SSSR count). The summed E-state index contributed by atoms with van der Waals surface area (Å²) in [6, 6.07) is 1.67. The molecule has 1 atom stereocenters. The molecule has 0 aliphatic rings. The molecule has 0 bridgehead atoms. The summed E-state index contributed by atoms with van der Waals surface area (Å²) >= 11 is 0. The topological polar surface area (TPSA) is 53.2 Å². The fourth-order valence-electron chi connectivity index (χ4n) is 0.871. The average molecular weight is 206 g/mol. The molecule has 0 spiro atoms. The summed E-state index contributed by atoms with van der Waals surface area (Å²) in [7, 11) is 0. The Morgan fingerprint density at radius 2 is 1.93 bits per heavy atom. The number of isocyanates is 1. The molecular formula is C8H9F3N2O. The molecule has 0 fully saturated rings. The second kappa shape index (κ2) is 4.77. The van der Waals surface area contributed by atoms with E-state index in [9.17, 15) is 18.0 Å². The van der Waals surface area contributed by atoms with Crippen LogP contribution >= 0.6 is 0 Å². The third-order valence-electron chi connectivity index (χ3n) is 1.66. The number of hydrogen-bond acceptors (Lipinski definition) is 3. The molecule has 14 heavy (non-hydrogen) atoms. The van der Waals surface area contributed by atoms with E-state index in [0.717, 1.165) is 0 Å². The van der Waals surface area contributed by atoms with E-state index in [2.05, 4.69) is 4.99 Å². The first-order chi connectivity index (χ1) is 6.33. The maximum atomic E-state index is 11.7. The van der Waals surface area contributed by atoms with Crippen LogP contribution in [0.15, 0.2) is 4.99 Å². The minimum atomic E-state index is -4.23. The third kappa shape index (κ3) is 5.33. The Hall–Kier alpha value is -1.34. The minimum absolute atomic E-state index is 0.0990. The normalized spacial score (nSPS) is 15.1. The van der Waals surface area contributed by atoms with Gasteiger partial charge in [-0.05, 0) is 19.8 Å². The highest BCUT2D eigenvalue weighted by Crippen LogP contribution is 2.25. The lowest BCUT2D eigenvalue weighted by Crippen LogP contribution is -2.20. The van der Waals surface area contributed by atoms with Crippen LogP contribution < -0.4 is 0 Å². The van der Waals surface area contributed by atoms with Crippen LogP contribution in [0, 0.1) is 11.3 Å². The van der Waals surface area contributed by atoms with Crippen molar-refractivity contribution in [2.75, 3.05) is 0 Å². The van der Waals surface area contributed by atoms with Crippen molar-refractivity contribution in [1.82, 2.24) is 0 Å². The van der Waals surface area contributed by atoms with Crippen LogP contribution in [0.4, 0.5) is 13.2 Å². The van der Waals surface area contributed by atoms with Gasteiger partial charge in [0.15, 0.2) is 5.54 Å². The van der Waals surface area contributed by atoms with E-state index >= 15 is 0 Å². The van der Waals surface area contributed by atoms with Crippen molar-refractivity contribution in [2.45, 2.75) is 37.9 Å². The standard InChI is InChI=1S/C8H9F3N2O/c1-7(5-12,13-6-14)3-2-4-8(9,10)11/h2-4H2,1H3. The van der Waals surface area contributed by atoms with Crippen molar-refractivity contribution in [3.63, 3.8) is 0 Å². The third-order valence-corrected chi connectivity index (χ3v) is 1.66. The Morgan fingerprint density at radius 1 is 1.36 bits per heavy atom. The smallest absolute Gasteiger partial charge is 0.211 e. The summed E-state index contributed by atoms with van der Waals surface area (Å²) in [6.45, 7) is 1.30. The van der Waals surface area contributed by atoms with Crippen LogP contribution in [0.25, 0.3) is 0 Å². The van der Waals surface area contributed by atoms with Crippen molar-refractivity contribution in [3.05, 3.63) is 0 Å². The summed E-state index contributed by atoms with van der Waals surface area (Å²) < 4.78 is 35.2. The molecule has 6 heteroatoms. The minimum Gasteiger partial charge on any atom is -0.211 e. The summed E-state index contributed by atoms with van der Waals surface area (Å²) in [5, 5.41) is 8.54. The lowest BCUT2D eigenvalue weighted by molar-refractivity contribution is -0.135. The number of carbonyl (C=O) groups excluding carboxylic acids is 1. The largest absolute Gasteiger partial charge is 0.389 e. The molecule has 0 heterocycles. The summed E-state index contributed by atoms with van der Waals surface area (Å²) in [5.74, 6) is 0. The molecule has 0 aromatic heterocycles. The lowest BCUT2D eigenvalue weighted by atomic mass is 9.97. The van der Waals surface area contributed by atoms with E-state index in [4.69, 9.17) is 5.26 Å². The van der Waals surface area contributed by atoms with Gasteiger partial charge in [0, 0.05) is 6.42 Å². The monoisotopic (exact) mass is 206 g/mol. The molecule has 0 aliphatic heterocycles. The van der Waals surface area contributed by atoms with Crippen LogP contribution in [0.1, 0.15) is 26.2 Å². The number of rotatable bonds is 4. The zero-order valence-corrected chi connectivity index (χ0v) is 7.56. The molecule has 0 saturated carbocycles. The molecule has 0 radical (unpaired) electrons. The van der Waals surface area contributed by atoms with E-state index in [1.54, 1.807) is 6.07 Å². The fraction of sp³-hybridized carbons (Fsp3) is 0.750. The van der Waals surface area contributed by atoms with E-state index in [-0.39, 0.29) is 12.8 Å². The van der Waals surface area contributed by atoms with Gasteiger partial charge in [0.05, 0.1) is 6.07 Å². The zero-order chi connectivity index (χ0) is 11.2. The van der Waals surface area contributed by atoms with Gasteiger partial charge in [0.25, 0.3) is 0 Å². The van der Waals surface area contributed by atoms with Gasteiger partial charge in [-0.25, -0.2) is 4.79 Å². The molecule has 0 aromatic carbocycles. The molecule has 1 unspecified atom stereocenters. The number of hydrogen-bond donors (Lipinski definition) is 0. The maximum absolute atomic E-state index is 11.7. The lowest BCUT2D eigenvalue weighted by Gasteiger charge is -2.14. The second-order valence-corrected chi connectivity index (χ2v) is 3.06. The van der Waals surface area contributed by atoms with Gasteiger partial charge in [-0.2, -0.15) is 23.4 Å². The van der Waals surface area contributed by atoms with Crippen LogP contribution in [-0.2, 0) is 4.79 Å². The van der Waals surface area contributed by atoms with Crippen molar-refractivity contribution in [3.8, 4) is 6.07 Å². The molecular weight excluding hydrogens is 197 g/mol. The predicted molar refractivity (Wildman–Crippen MR) is 42.0 cm³/mol. The second-order valence-electron chi connectivity index (χ2n) is 3.06. The zero-order valence-electron chi connectivity index (χ0n) is 7.56. The summed E-state index contributed by atoms with van der Waals surface area (Å²) in [6.07, 6.45) is -4.35. The van der Waals surface area contributed by atoms with E-state index in [1.165, 1.54) is 13.0 Å². The van der Waals surface area contributed by atoms with Crippen molar-refractivity contribution in [2.24, 2.45) is 4.99 Å².